The fourth-order valence-corrected chi connectivity index (χ4v) is 3.87. The van der Waals surface area contributed by atoms with Crippen LogP contribution in [-0.4, -0.2) is 30.3 Å². The second kappa shape index (κ2) is 9.11. The molecule has 1 amide bonds. The zero-order chi connectivity index (χ0) is 17.5. The van der Waals surface area contributed by atoms with Crippen molar-refractivity contribution in [2.24, 2.45) is 5.92 Å². The van der Waals surface area contributed by atoms with Gasteiger partial charge in [-0.2, -0.15) is 0 Å². The van der Waals surface area contributed by atoms with E-state index in [1.165, 1.54) is 23.7 Å². The minimum atomic E-state index is -0.355. The molecule has 1 saturated carbocycles. The molecule has 2 rings (SSSR count). The van der Waals surface area contributed by atoms with E-state index >= 15 is 0 Å². The van der Waals surface area contributed by atoms with Gasteiger partial charge in [0.15, 0.2) is 6.61 Å². The lowest BCUT2D eigenvalue weighted by Gasteiger charge is -2.29. The maximum absolute atomic E-state index is 11.9. The van der Waals surface area contributed by atoms with Gasteiger partial charge in [0.05, 0.1) is 5.75 Å². The molecular formula is C19H27NO3S. The number of esters is 1. The van der Waals surface area contributed by atoms with E-state index in [1.807, 2.05) is 26.0 Å². The first-order chi connectivity index (χ1) is 11.5. The number of benzene rings is 1. The van der Waals surface area contributed by atoms with Crippen molar-refractivity contribution in [3.05, 3.63) is 29.3 Å². The number of carbonyl (C=O) groups excluding carboxylic acids is 2. The third-order valence-corrected chi connectivity index (χ3v) is 5.65. The predicted molar refractivity (Wildman–Crippen MR) is 97.2 cm³/mol. The fourth-order valence-electron chi connectivity index (χ4n) is 3.06. The monoisotopic (exact) mass is 349 g/mol. The molecule has 0 saturated heterocycles. The molecule has 1 aromatic rings. The standard InChI is InChI=1S/C19H27NO3S/c1-13-8-9-17(15(3)10-13)24-12-19(22)23-11-18(21)20-16-7-5-4-6-14(16)2/h8-10,14,16H,4-7,11-12H2,1-3H3,(H,20,21)/t14-,16-/m1/s1. The smallest absolute Gasteiger partial charge is 0.316 e. The highest BCUT2D eigenvalue weighted by Crippen LogP contribution is 2.24. The van der Waals surface area contributed by atoms with Gasteiger partial charge >= 0.3 is 5.97 Å². The Labute approximate surface area is 148 Å². The fraction of sp³-hybridized carbons (Fsp3) is 0.579. The Bertz CT molecular complexity index is 588. The van der Waals surface area contributed by atoms with E-state index in [1.54, 1.807) is 0 Å². The predicted octanol–water partition coefficient (Wildman–Crippen LogP) is 3.63. The van der Waals surface area contributed by atoms with Gasteiger partial charge in [-0.05, 0) is 44.2 Å². The van der Waals surface area contributed by atoms with E-state index in [-0.39, 0.29) is 30.3 Å². The summed E-state index contributed by atoms with van der Waals surface area (Å²) in [5, 5.41) is 2.99. The molecule has 1 N–H and O–H groups in total. The van der Waals surface area contributed by atoms with Crippen molar-refractivity contribution in [3.8, 4) is 0 Å². The molecule has 0 heterocycles. The number of carbonyl (C=O) groups is 2. The van der Waals surface area contributed by atoms with E-state index in [0.717, 1.165) is 29.7 Å². The van der Waals surface area contributed by atoms with Crippen molar-refractivity contribution in [2.45, 2.75) is 57.4 Å². The van der Waals surface area contributed by atoms with Gasteiger partial charge in [0.2, 0.25) is 0 Å². The van der Waals surface area contributed by atoms with Crippen LogP contribution in [0.2, 0.25) is 0 Å². The first-order valence-electron chi connectivity index (χ1n) is 8.60. The summed E-state index contributed by atoms with van der Waals surface area (Å²) in [4.78, 5) is 24.8. The zero-order valence-electron chi connectivity index (χ0n) is 14.8. The van der Waals surface area contributed by atoms with E-state index in [4.69, 9.17) is 4.74 Å². The van der Waals surface area contributed by atoms with Gasteiger partial charge in [-0.25, -0.2) is 0 Å². The number of nitrogens with one attached hydrogen (secondary N) is 1. The lowest BCUT2D eigenvalue weighted by Crippen LogP contribution is -2.43. The lowest BCUT2D eigenvalue weighted by atomic mass is 9.86. The number of thioether (sulfide) groups is 1. The van der Waals surface area contributed by atoms with Crippen LogP contribution in [0.15, 0.2) is 23.1 Å². The minimum absolute atomic E-state index is 0.185. The summed E-state index contributed by atoms with van der Waals surface area (Å²) in [6.07, 6.45) is 4.56. The molecule has 0 radical (unpaired) electrons. The second-order valence-corrected chi connectivity index (χ2v) is 7.67. The van der Waals surface area contributed by atoms with E-state index < -0.39 is 0 Å². The van der Waals surface area contributed by atoms with Crippen LogP contribution < -0.4 is 5.32 Å². The lowest BCUT2D eigenvalue weighted by molar-refractivity contribution is -0.146. The van der Waals surface area contributed by atoms with Crippen LogP contribution in [0.3, 0.4) is 0 Å². The van der Waals surface area contributed by atoms with Crippen molar-refractivity contribution in [1.29, 1.82) is 0 Å². The van der Waals surface area contributed by atoms with E-state index in [2.05, 4.69) is 18.3 Å². The zero-order valence-corrected chi connectivity index (χ0v) is 15.6. The Balaban J connectivity index is 1.69. The molecule has 132 valence electrons. The Morgan fingerprint density at radius 2 is 2.00 bits per heavy atom. The van der Waals surface area contributed by atoms with Gasteiger partial charge in [0.1, 0.15) is 0 Å². The number of hydrogen-bond acceptors (Lipinski definition) is 4. The Morgan fingerprint density at radius 3 is 2.71 bits per heavy atom. The topological polar surface area (TPSA) is 55.4 Å². The molecule has 0 aromatic heterocycles. The van der Waals surface area contributed by atoms with Crippen LogP contribution >= 0.6 is 11.8 Å². The van der Waals surface area contributed by atoms with Crippen molar-refractivity contribution >= 4 is 23.6 Å². The summed E-state index contributed by atoms with van der Waals surface area (Å²) in [6, 6.07) is 6.35. The van der Waals surface area contributed by atoms with Crippen LogP contribution in [0.1, 0.15) is 43.7 Å². The number of aryl methyl sites for hydroxylation is 2. The highest BCUT2D eigenvalue weighted by molar-refractivity contribution is 8.00. The van der Waals surface area contributed by atoms with Gasteiger partial charge in [0, 0.05) is 10.9 Å². The van der Waals surface area contributed by atoms with E-state index in [0.29, 0.717) is 5.92 Å². The molecule has 0 bridgehead atoms. The van der Waals surface area contributed by atoms with Crippen molar-refractivity contribution in [3.63, 3.8) is 0 Å². The summed E-state index contributed by atoms with van der Waals surface area (Å²) in [5.41, 5.74) is 2.35. The quantitative estimate of drug-likeness (QED) is 0.629. The second-order valence-electron chi connectivity index (χ2n) is 6.65. The van der Waals surface area contributed by atoms with Gasteiger partial charge < -0.3 is 10.1 Å². The maximum Gasteiger partial charge on any atom is 0.316 e. The summed E-state index contributed by atoms with van der Waals surface area (Å²) in [6.45, 7) is 6.05. The normalized spacial score (nSPS) is 20.5. The summed E-state index contributed by atoms with van der Waals surface area (Å²) < 4.78 is 5.09. The highest BCUT2D eigenvalue weighted by atomic mass is 32.2. The Kier molecular flexibility index (Phi) is 7.16. The van der Waals surface area contributed by atoms with Crippen LogP contribution in [0, 0.1) is 19.8 Å². The molecule has 1 fully saturated rings. The molecule has 2 atom stereocenters. The molecule has 1 aromatic carbocycles. The first-order valence-corrected chi connectivity index (χ1v) is 9.59. The average Bonchev–Trinajstić information content (AvgIpc) is 2.54. The third kappa shape index (κ3) is 5.86. The summed E-state index contributed by atoms with van der Waals surface area (Å²) in [5.74, 6) is 0.167. The largest absolute Gasteiger partial charge is 0.455 e. The van der Waals surface area contributed by atoms with E-state index in [9.17, 15) is 9.59 Å². The SMILES string of the molecule is Cc1ccc(SCC(=O)OCC(=O)N[C@@H]2CCCC[C@H]2C)c(C)c1. The molecule has 0 unspecified atom stereocenters. The first kappa shape index (κ1) is 18.8. The van der Waals surface area contributed by atoms with Crippen molar-refractivity contribution in [1.82, 2.24) is 5.32 Å². The Hall–Kier alpha value is -1.49. The molecule has 4 nitrogen and oxygen atoms in total. The minimum Gasteiger partial charge on any atom is -0.455 e. The number of amides is 1. The molecule has 0 aliphatic heterocycles. The average molecular weight is 349 g/mol. The van der Waals surface area contributed by atoms with Crippen molar-refractivity contribution in [2.75, 3.05) is 12.4 Å². The van der Waals surface area contributed by atoms with Gasteiger partial charge in [0.25, 0.3) is 5.91 Å². The molecule has 24 heavy (non-hydrogen) atoms. The molecule has 1 aliphatic rings. The number of rotatable bonds is 6. The highest BCUT2D eigenvalue weighted by Gasteiger charge is 2.23. The molecule has 5 heteroatoms. The van der Waals surface area contributed by atoms with Gasteiger partial charge in [-0.3, -0.25) is 9.59 Å². The summed E-state index contributed by atoms with van der Waals surface area (Å²) >= 11 is 1.45. The summed E-state index contributed by atoms with van der Waals surface area (Å²) in [7, 11) is 0. The van der Waals surface area contributed by atoms with Crippen LogP contribution in [0.4, 0.5) is 0 Å². The molecular weight excluding hydrogens is 322 g/mol. The van der Waals surface area contributed by atoms with Gasteiger partial charge in [-0.1, -0.05) is 37.5 Å². The van der Waals surface area contributed by atoms with Gasteiger partial charge in [-0.15, -0.1) is 11.8 Å². The number of ether oxygens (including phenoxy) is 1. The number of hydrogen-bond donors (Lipinski definition) is 1. The maximum atomic E-state index is 11.9. The van der Waals surface area contributed by atoms with Crippen molar-refractivity contribution < 1.29 is 14.3 Å². The van der Waals surface area contributed by atoms with Crippen LogP contribution in [-0.2, 0) is 14.3 Å². The molecule has 1 aliphatic carbocycles. The Morgan fingerprint density at radius 1 is 1.25 bits per heavy atom. The van der Waals surface area contributed by atoms with Crippen LogP contribution in [0.25, 0.3) is 0 Å². The van der Waals surface area contributed by atoms with Crippen LogP contribution in [0.5, 0.6) is 0 Å². The third-order valence-electron chi connectivity index (χ3n) is 4.50. The molecule has 0 spiro atoms.